The van der Waals surface area contributed by atoms with Crippen LogP contribution >= 0.6 is 0 Å². The van der Waals surface area contributed by atoms with Crippen molar-refractivity contribution >= 4 is 0 Å². The Hall–Kier alpha value is -2.07. The minimum Gasteiger partial charge on any atom is -0.492 e. The number of rotatable bonds is 7. The van der Waals surface area contributed by atoms with Gasteiger partial charge in [0.15, 0.2) is 0 Å². The van der Waals surface area contributed by atoms with Crippen LogP contribution in [0.1, 0.15) is 18.9 Å². The van der Waals surface area contributed by atoms with Crippen LogP contribution in [-0.2, 0) is 13.0 Å². The SMILES string of the molecule is CCC(N)Cc1cccc(OCCn2ccccc2=O)c1. The molecule has 112 valence electrons. The highest BCUT2D eigenvalue weighted by Crippen LogP contribution is 2.15. The second kappa shape index (κ2) is 7.64. The third kappa shape index (κ3) is 4.76. The van der Waals surface area contributed by atoms with Gasteiger partial charge in [-0.15, -0.1) is 0 Å². The molecule has 0 aliphatic carbocycles. The van der Waals surface area contributed by atoms with E-state index in [0.29, 0.717) is 13.2 Å². The van der Waals surface area contributed by atoms with E-state index in [1.54, 1.807) is 22.9 Å². The molecule has 0 radical (unpaired) electrons. The number of nitrogens with zero attached hydrogens (tertiary/aromatic N) is 1. The fourth-order valence-corrected chi connectivity index (χ4v) is 2.12. The number of hydrogen-bond donors (Lipinski definition) is 1. The smallest absolute Gasteiger partial charge is 0.250 e. The van der Waals surface area contributed by atoms with Gasteiger partial charge >= 0.3 is 0 Å². The minimum atomic E-state index is -0.0104. The highest BCUT2D eigenvalue weighted by atomic mass is 16.5. The first kappa shape index (κ1) is 15.3. The fraction of sp³-hybridized carbons (Fsp3) is 0.353. The normalized spacial score (nSPS) is 12.1. The van der Waals surface area contributed by atoms with Crippen molar-refractivity contribution in [2.24, 2.45) is 5.73 Å². The molecule has 0 aliphatic rings. The first-order valence-electron chi connectivity index (χ1n) is 7.32. The van der Waals surface area contributed by atoms with Gasteiger partial charge in [0.25, 0.3) is 5.56 Å². The van der Waals surface area contributed by atoms with Crippen LogP contribution in [0.2, 0.25) is 0 Å². The molecule has 2 aromatic rings. The van der Waals surface area contributed by atoms with Crippen molar-refractivity contribution < 1.29 is 4.74 Å². The van der Waals surface area contributed by atoms with E-state index >= 15 is 0 Å². The summed E-state index contributed by atoms with van der Waals surface area (Å²) in [6.07, 6.45) is 3.58. The fourth-order valence-electron chi connectivity index (χ4n) is 2.12. The quantitative estimate of drug-likeness (QED) is 0.849. The Bertz CT molecular complexity index is 622. The lowest BCUT2D eigenvalue weighted by atomic mass is 10.0. The second-order valence-corrected chi connectivity index (χ2v) is 5.10. The summed E-state index contributed by atoms with van der Waals surface area (Å²) >= 11 is 0. The number of ether oxygens (including phenoxy) is 1. The van der Waals surface area contributed by atoms with Crippen molar-refractivity contribution in [3.63, 3.8) is 0 Å². The average molecular weight is 286 g/mol. The Labute approximate surface area is 125 Å². The van der Waals surface area contributed by atoms with E-state index < -0.39 is 0 Å². The van der Waals surface area contributed by atoms with Crippen LogP contribution < -0.4 is 16.0 Å². The van der Waals surface area contributed by atoms with Crippen molar-refractivity contribution in [1.29, 1.82) is 0 Å². The summed E-state index contributed by atoms with van der Waals surface area (Å²) in [5, 5.41) is 0. The molecule has 4 heteroatoms. The Morgan fingerprint density at radius 3 is 2.86 bits per heavy atom. The van der Waals surface area contributed by atoms with Gasteiger partial charge in [-0.1, -0.05) is 25.1 Å². The van der Waals surface area contributed by atoms with Gasteiger partial charge in [-0.05, 0) is 36.6 Å². The van der Waals surface area contributed by atoms with E-state index in [-0.39, 0.29) is 11.6 Å². The molecule has 2 N–H and O–H groups in total. The molecule has 0 saturated heterocycles. The standard InChI is InChI=1S/C17H22N2O2/c1-2-15(18)12-14-6-5-7-16(13-14)21-11-10-19-9-4-3-8-17(19)20/h3-9,13,15H,2,10-12,18H2,1H3. The molecule has 4 nitrogen and oxygen atoms in total. The first-order chi connectivity index (χ1) is 10.2. The van der Waals surface area contributed by atoms with Gasteiger partial charge in [0.05, 0.1) is 6.54 Å². The molecule has 1 atom stereocenters. The molecule has 0 spiro atoms. The summed E-state index contributed by atoms with van der Waals surface area (Å²) in [4.78, 5) is 11.6. The molecular weight excluding hydrogens is 264 g/mol. The third-order valence-electron chi connectivity index (χ3n) is 3.42. The number of nitrogens with two attached hydrogens (primary N) is 1. The summed E-state index contributed by atoms with van der Waals surface area (Å²) < 4.78 is 7.36. The lowest BCUT2D eigenvalue weighted by molar-refractivity contribution is 0.296. The van der Waals surface area contributed by atoms with Gasteiger partial charge in [-0.3, -0.25) is 4.79 Å². The van der Waals surface area contributed by atoms with E-state index in [9.17, 15) is 4.79 Å². The van der Waals surface area contributed by atoms with Gasteiger partial charge in [0, 0.05) is 18.3 Å². The lowest BCUT2D eigenvalue weighted by Gasteiger charge is -2.11. The van der Waals surface area contributed by atoms with E-state index in [1.807, 2.05) is 24.3 Å². The van der Waals surface area contributed by atoms with E-state index in [1.165, 1.54) is 5.56 Å². The summed E-state index contributed by atoms with van der Waals surface area (Å²) in [7, 11) is 0. The molecule has 2 rings (SSSR count). The predicted octanol–water partition coefficient (Wildman–Crippen LogP) is 2.21. The maximum atomic E-state index is 11.6. The molecule has 0 saturated carbocycles. The van der Waals surface area contributed by atoms with Crippen LogP contribution in [0.5, 0.6) is 5.75 Å². The maximum absolute atomic E-state index is 11.6. The Kier molecular flexibility index (Phi) is 5.58. The zero-order valence-electron chi connectivity index (χ0n) is 12.4. The molecule has 1 aromatic heterocycles. The second-order valence-electron chi connectivity index (χ2n) is 5.10. The van der Waals surface area contributed by atoms with Crippen LogP contribution in [0.4, 0.5) is 0 Å². The molecule has 1 unspecified atom stereocenters. The van der Waals surface area contributed by atoms with Crippen molar-refractivity contribution in [2.45, 2.75) is 32.4 Å². The zero-order chi connectivity index (χ0) is 15.1. The zero-order valence-corrected chi connectivity index (χ0v) is 12.4. The van der Waals surface area contributed by atoms with Gasteiger partial charge in [0.1, 0.15) is 12.4 Å². The third-order valence-corrected chi connectivity index (χ3v) is 3.42. The number of hydrogen-bond acceptors (Lipinski definition) is 3. The summed E-state index contributed by atoms with van der Waals surface area (Å²) in [6, 6.07) is 13.3. The van der Waals surface area contributed by atoms with Crippen molar-refractivity contribution in [1.82, 2.24) is 4.57 Å². The Morgan fingerprint density at radius 1 is 1.24 bits per heavy atom. The molecule has 1 aromatic carbocycles. The highest BCUT2D eigenvalue weighted by Gasteiger charge is 2.03. The van der Waals surface area contributed by atoms with E-state index in [2.05, 4.69) is 13.0 Å². The topological polar surface area (TPSA) is 57.2 Å². The summed E-state index contributed by atoms with van der Waals surface area (Å²) in [5.41, 5.74) is 7.14. The van der Waals surface area contributed by atoms with Gasteiger partial charge in [-0.25, -0.2) is 0 Å². The Balaban J connectivity index is 1.90. The van der Waals surface area contributed by atoms with Crippen LogP contribution in [0, 0.1) is 0 Å². The van der Waals surface area contributed by atoms with Crippen molar-refractivity contribution in [3.8, 4) is 5.75 Å². The average Bonchev–Trinajstić information content (AvgIpc) is 2.49. The van der Waals surface area contributed by atoms with Gasteiger partial charge in [0.2, 0.25) is 0 Å². The highest BCUT2D eigenvalue weighted by molar-refractivity contribution is 5.29. The summed E-state index contributed by atoms with van der Waals surface area (Å²) in [5.74, 6) is 0.819. The molecule has 0 fully saturated rings. The Morgan fingerprint density at radius 2 is 2.10 bits per heavy atom. The van der Waals surface area contributed by atoms with Crippen LogP contribution in [0.3, 0.4) is 0 Å². The van der Waals surface area contributed by atoms with Gasteiger partial charge < -0.3 is 15.0 Å². The van der Waals surface area contributed by atoms with E-state index in [0.717, 1.165) is 18.6 Å². The predicted molar refractivity (Wildman–Crippen MR) is 84.6 cm³/mol. The monoisotopic (exact) mass is 286 g/mol. The molecular formula is C17H22N2O2. The van der Waals surface area contributed by atoms with E-state index in [4.69, 9.17) is 10.5 Å². The molecule has 21 heavy (non-hydrogen) atoms. The van der Waals surface area contributed by atoms with Gasteiger partial charge in [-0.2, -0.15) is 0 Å². The number of aromatic nitrogens is 1. The molecule has 1 heterocycles. The summed E-state index contributed by atoms with van der Waals surface area (Å²) in [6.45, 7) is 3.09. The first-order valence-corrected chi connectivity index (χ1v) is 7.32. The lowest BCUT2D eigenvalue weighted by Crippen LogP contribution is -2.22. The number of benzene rings is 1. The molecule has 0 amide bonds. The molecule has 0 aliphatic heterocycles. The maximum Gasteiger partial charge on any atom is 0.250 e. The van der Waals surface area contributed by atoms with Crippen LogP contribution in [-0.4, -0.2) is 17.2 Å². The van der Waals surface area contributed by atoms with Crippen molar-refractivity contribution in [2.75, 3.05) is 6.61 Å². The van der Waals surface area contributed by atoms with Crippen LogP contribution in [0.25, 0.3) is 0 Å². The number of pyridine rings is 1. The minimum absolute atomic E-state index is 0.0104. The largest absolute Gasteiger partial charge is 0.492 e. The molecule has 0 bridgehead atoms. The van der Waals surface area contributed by atoms with Crippen molar-refractivity contribution in [3.05, 3.63) is 64.6 Å². The van der Waals surface area contributed by atoms with Crippen LogP contribution in [0.15, 0.2) is 53.5 Å².